The van der Waals surface area contributed by atoms with E-state index in [-0.39, 0.29) is 12.8 Å². The summed E-state index contributed by atoms with van der Waals surface area (Å²) < 4.78 is 95.7. The van der Waals surface area contributed by atoms with Gasteiger partial charge in [0.05, 0.1) is 26.4 Å². The van der Waals surface area contributed by atoms with E-state index in [0.29, 0.717) is 115 Å². The third kappa shape index (κ3) is 13.3. The van der Waals surface area contributed by atoms with Crippen molar-refractivity contribution in [3.8, 4) is 0 Å². The van der Waals surface area contributed by atoms with Crippen LogP contribution >= 0.6 is 15.2 Å². The molecule has 0 N–H and O–H groups in total. The Kier molecular flexibility index (Phi) is 18.3. The van der Waals surface area contributed by atoms with Gasteiger partial charge in [-0.3, -0.25) is 9.13 Å². The van der Waals surface area contributed by atoms with Crippen molar-refractivity contribution in [3.63, 3.8) is 0 Å². The van der Waals surface area contributed by atoms with E-state index in [0.717, 1.165) is 51.4 Å². The van der Waals surface area contributed by atoms with E-state index in [2.05, 4.69) is 0 Å². The fourth-order valence-corrected chi connectivity index (χ4v) is 18.1. The van der Waals surface area contributed by atoms with Crippen molar-refractivity contribution in [2.75, 3.05) is 66.1 Å². The van der Waals surface area contributed by atoms with Crippen LogP contribution in [0.15, 0.2) is 0 Å². The van der Waals surface area contributed by atoms with Gasteiger partial charge in [-0.05, 0) is 142 Å². The molecule has 4 rings (SSSR count). The van der Waals surface area contributed by atoms with Crippen LogP contribution in [0.5, 0.6) is 0 Å². The predicted octanol–water partition coefficient (Wildman–Crippen LogP) is 9.43. The van der Waals surface area contributed by atoms with E-state index in [4.69, 9.17) is 44.7 Å². The Bertz CT molecular complexity index is 945. The van der Waals surface area contributed by atoms with E-state index < -0.39 is 37.7 Å². The molecule has 0 bridgehead atoms. The Balaban J connectivity index is 1.79. The Morgan fingerprint density at radius 3 is 0.882 bits per heavy atom. The molecule has 4 aliphatic rings. The second kappa shape index (κ2) is 21.1. The van der Waals surface area contributed by atoms with Crippen LogP contribution in [-0.4, -0.2) is 88.6 Å². The molecular formula is C35H70O12P2Si2. The minimum Gasteiger partial charge on any atom is -0.374 e. The summed E-state index contributed by atoms with van der Waals surface area (Å²) in [5, 5.41) is 0. The zero-order valence-corrected chi connectivity index (χ0v) is 36.4. The largest absolute Gasteiger partial charge is 0.500 e. The predicted molar refractivity (Wildman–Crippen MR) is 202 cm³/mol. The van der Waals surface area contributed by atoms with Crippen LogP contribution in [0.2, 0.25) is 12.1 Å². The molecule has 0 heterocycles. The van der Waals surface area contributed by atoms with Crippen molar-refractivity contribution in [2.24, 2.45) is 23.7 Å². The summed E-state index contributed by atoms with van der Waals surface area (Å²) in [5.74, 6) is 1.23. The van der Waals surface area contributed by atoms with Crippen molar-refractivity contribution >= 4 is 32.8 Å². The van der Waals surface area contributed by atoms with Crippen molar-refractivity contribution < 1.29 is 53.8 Å². The Morgan fingerprint density at radius 1 is 0.451 bits per heavy atom. The standard InChI is InChI=1S/C35H70O12P2Si2/c1-7-42-50(43-8-2,44-9-3)25-13-23-35(24-14-26-51(45-10-4,46-11-5)47-12-6,48(36,38-27-31-15-16-31)39-28-32-17-18-32)49(37,40-29-33-19-20-33)41-30-34-21-22-34/h31-34H,7-30H2,1-6H3. The molecule has 0 saturated heterocycles. The highest BCUT2D eigenvalue weighted by atomic mass is 31.2. The van der Waals surface area contributed by atoms with Crippen LogP contribution in [0, 0.1) is 23.7 Å². The average molecular weight is 801 g/mol. The topological polar surface area (TPSA) is 126 Å². The second-order valence-corrected chi connectivity index (χ2v) is 25.2. The summed E-state index contributed by atoms with van der Waals surface area (Å²) in [6.07, 6.45) is 9.43. The highest BCUT2D eigenvalue weighted by molar-refractivity contribution is 7.74. The maximum atomic E-state index is 16.0. The van der Waals surface area contributed by atoms with E-state index in [9.17, 15) is 0 Å². The lowest BCUT2D eigenvalue weighted by Gasteiger charge is -2.44. The minimum atomic E-state index is -4.17. The highest BCUT2D eigenvalue weighted by Crippen LogP contribution is 2.82. The minimum absolute atomic E-state index is 0.209. The molecule has 51 heavy (non-hydrogen) atoms. The van der Waals surface area contributed by atoms with Crippen molar-refractivity contribution in [1.82, 2.24) is 0 Å². The maximum absolute atomic E-state index is 16.0. The van der Waals surface area contributed by atoms with Gasteiger partial charge in [0.2, 0.25) is 0 Å². The van der Waals surface area contributed by atoms with Crippen molar-refractivity contribution in [2.45, 2.75) is 136 Å². The summed E-state index contributed by atoms with van der Waals surface area (Å²) >= 11 is 0. The van der Waals surface area contributed by atoms with Crippen LogP contribution in [-0.2, 0) is 53.8 Å². The first-order valence-corrected chi connectivity index (χ1v) is 27.2. The van der Waals surface area contributed by atoms with E-state index in [1.165, 1.54) is 0 Å². The molecule has 0 atom stereocenters. The van der Waals surface area contributed by atoms with Gasteiger partial charge >= 0.3 is 32.8 Å². The van der Waals surface area contributed by atoms with Gasteiger partial charge < -0.3 is 44.7 Å². The first-order chi connectivity index (χ1) is 24.6. The zero-order valence-electron chi connectivity index (χ0n) is 32.6. The molecule has 0 aromatic carbocycles. The van der Waals surface area contributed by atoms with Gasteiger partial charge in [-0.25, -0.2) is 0 Å². The fraction of sp³-hybridized carbons (Fsp3) is 1.00. The Morgan fingerprint density at radius 2 is 0.686 bits per heavy atom. The van der Waals surface area contributed by atoms with Crippen LogP contribution in [0.1, 0.15) is 119 Å². The molecule has 0 aromatic rings. The molecule has 300 valence electrons. The quantitative estimate of drug-likeness (QED) is 0.0455. The molecule has 12 nitrogen and oxygen atoms in total. The molecule has 0 radical (unpaired) electrons. The third-order valence-corrected chi connectivity index (χ3v) is 22.7. The molecule has 4 aliphatic carbocycles. The molecular weight excluding hydrogens is 730 g/mol. The van der Waals surface area contributed by atoms with Gasteiger partial charge in [-0.1, -0.05) is 0 Å². The SMILES string of the molecule is CCO[Si](CCCC(CCC[Si](OCC)(OCC)OCC)(P(=O)(OCC1CC1)OCC1CC1)P(=O)(OCC1CC1)OCC1CC1)(OCC)OCC. The Labute approximate surface area is 311 Å². The van der Waals surface area contributed by atoms with Gasteiger partial charge in [0.15, 0.2) is 4.90 Å². The van der Waals surface area contributed by atoms with Gasteiger partial charge in [0.25, 0.3) is 0 Å². The first kappa shape index (κ1) is 44.2. The van der Waals surface area contributed by atoms with E-state index in [1.54, 1.807) is 0 Å². The zero-order chi connectivity index (χ0) is 36.9. The first-order valence-electron chi connectivity index (χ1n) is 20.2. The molecule has 0 aliphatic heterocycles. The summed E-state index contributed by atoms with van der Waals surface area (Å²) in [7, 11) is -14.6. The van der Waals surface area contributed by atoms with Crippen LogP contribution in [0.25, 0.3) is 0 Å². The number of hydrogen-bond donors (Lipinski definition) is 0. The van der Waals surface area contributed by atoms with Gasteiger partial charge in [-0.15, -0.1) is 0 Å². The summed E-state index contributed by atoms with van der Waals surface area (Å²) in [6, 6.07) is 0.909. The summed E-state index contributed by atoms with van der Waals surface area (Å²) in [4.78, 5) is -1.58. The lowest BCUT2D eigenvalue weighted by Crippen LogP contribution is -2.47. The van der Waals surface area contributed by atoms with E-state index >= 15 is 9.13 Å². The summed E-state index contributed by atoms with van der Waals surface area (Å²) in [6.45, 7) is 15.4. The molecule has 0 aromatic heterocycles. The van der Waals surface area contributed by atoms with Crippen LogP contribution < -0.4 is 0 Å². The van der Waals surface area contributed by atoms with Crippen molar-refractivity contribution in [3.05, 3.63) is 0 Å². The fourth-order valence-electron chi connectivity index (χ4n) is 6.51. The second-order valence-electron chi connectivity index (χ2n) is 14.6. The third-order valence-electron chi connectivity index (χ3n) is 10.0. The molecule has 4 saturated carbocycles. The highest BCUT2D eigenvalue weighted by Gasteiger charge is 2.66. The number of rotatable bonds is 34. The molecule has 0 unspecified atom stereocenters. The molecule has 0 spiro atoms. The monoisotopic (exact) mass is 800 g/mol. The van der Waals surface area contributed by atoms with Gasteiger partial charge in [0, 0.05) is 51.7 Å². The van der Waals surface area contributed by atoms with Gasteiger partial charge in [-0.2, -0.15) is 0 Å². The van der Waals surface area contributed by atoms with Crippen LogP contribution in [0.3, 0.4) is 0 Å². The molecule has 0 amide bonds. The normalized spacial score (nSPS) is 19.3. The lowest BCUT2D eigenvalue weighted by molar-refractivity contribution is 0.0698. The summed E-state index contributed by atoms with van der Waals surface area (Å²) in [5.41, 5.74) is 0. The van der Waals surface area contributed by atoms with E-state index in [1.807, 2.05) is 41.5 Å². The van der Waals surface area contributed by atoms with Crippen molar-refractivity contribution in [1.29, 1.82) is 0 Å². The smallest absolute Gasteiger partial charge is 0.374 e. The Hall–Kier alpha value is 0.494. The molecule has 16 heteroatoms. The van der Waals surface area contributed by atoms with Gasteiger partial charge in [0.1, 0.15) is 0 Å². The average Bonchev–Trinajstić information content (AvgIpc) is 3.92. The maximum Gasteiger partial charge on any atom is 0.500 e. The molecule has 4 fully saturated rings. The van der Waals surface area contributed by atoms with Crippen LogP contribution in [0.4, 0.5) is 0 Å². The lowest BCUT2D eigenvalue weighted by atomic mass is 10.1. The number of hydrogen-bond acceptors (Lipinski definition) is 12.